The van der Waals surface area contributed by atoms with Gasteiger partial charge in [-0.25, -0.2) is 0 Å². The molecule has 1 aromatic rings. The highest BCUT2D eigenvalue weighted by Gasteiger charge is 2.21. The third-order valence-electron chi connectivity index (χ3n) is 3.20. The van der Waals surface area contributed by atoms with Crippen LogP contribution in [0.15, 0.2) is 22.7 Å². The molecule has 0 spiro atoms. The SMILES string of the molecule is CO[C@@H]1CCN(Cc2ccc(C)c(Br)c2)C1. The van der Waals surface area contributed by atoms with Gasteiger partial charge in [0.1, 0.15) is 0 Å². The first-order valence-electron chi connectivity index (χ1n) is 5.69. The number of aryl methyl sites for hydroxylation is 1. The summed E-state index contributed by atoms with van der Waals surface area (Å²) in [5, 5.41) is 0. The molecule has 0 saturated carbocycles. The quantitative estimate of drug-likeness (QED) is 0.846. The third kappa shape index (κ3) is 2.84. The molecule has 0 bridgehead atoms. The Labute approximate surface area is 106 Å². The minimum atomic E-state index is 0.425. The van der Waals surface area contributed by atoms with E-state index in [1.165, 1.54) is 15.6 Å². The molecule has 2 rings (SSSR count). The molecule has 0 aliphatic carbocycles. The van der Waals surface area contributed by atoms with Crippen LogP contribution in [-0.2, 0) is 11.3 Å². The molecule has 1 aliphatic heterocycles. The van der Waals surface area contributed by atoms with Crippen molar-refractivity contribution < 1.29 is 4.74 Å². The van der Waals surface area contributed by atoms with E-state index in [1.54, 1.807) is 7.11 Å². The van der Waals surface area contributed by atoms with Crippen LogP contribution in [0.25, 0.3) is 0 Å². The van der Waals surface area contributed by atoms with Crippen molar-refractivity contribution in [3.05, 3.63) is 33.8 Å². The van der Waals surface area contributed by atoms with Crippen LogP contribution < -0.4 is 0 Å². The van der Waals surface area contributed by atoms with E-state index in [0.717, 1.165) is 26.1 Å². The standard InChI is InChI=1S/C13H18BrNO/c1-10-3-4-11(7-13(10)14)8-15-6-5-12(9-15)16-2/h3-4,7,12H,5-6,8-9H2,1-2H3/t12-/m1/s1. The third-order valence-corrected chi connectivity index (χ3v) is 4.06. The highest BCUT2D eigenvalue weighted by Crippen LogP contribution is 2.20. The second-order valence-corrected chi connectivity index (χ2v) is 5.32. The Morgan fingerprint density at radius 1 is 1.50 bits per heavy atom. The zero-order chi connectivity index (χ0) is 11.5. The van der Waals surface area contributed by atoms with Crippen LogP contribution in [0.1, 0.15) is 17.5 Å². The normalized spacial score (nSPS) is 21.6. The van der Waals surface area contributed by atoms with E-state index in [-0.39, 0.29) is 0 Å². The second kappa shape index (κ2) is 5.30. The van der Waals surface area contributed by atoms with Crippen LogP contribution >= 0.6 is 15.9 Å². The van der Waals surface area contributed by atoms with E-state index < -0.39 is 0 Å². The van der Waals surface area contributed by atoms with Gasteiger partial charge < -0.3 is 4.74 Å². The van der Waals surface area contributed by atoms with E-state index in [1.807, 2.05) is 0 Å². The number of rotatable bonds is 3. The molecule has 88 valence electrons. The van der Waals surface area contributed by atoms with Crippen molar-refractivity contribution in [3.8, 4) is 0 Å². The number of halogens is 1. The van der Waals surface area contributed by atoms with Gasteiger partial charge in [-0.2, -0.15) is 0 Å². The molecule has 0 aromatic heterocycles. The van der Waals surface area contributed by atoms with Crippen LogP contribution in [0.4, 0.5) is 0 Å². The lowest BCUT2D eigenvalue weighted by Gasteiger charge is -2.16. The lowest BCUT2D eigenvalue weighted by molar-refractivity contribution is 0.107. The Balaban J connectivity index is 1.97. The molecule has 0 N–H and O–H groups in total. The summed E-state index contributed by atoms with van der Waals surface area (Å²) in [4.78, 5) is 2.45. The molecule has 2 nitrogen and oxygen atoms in total. The molecule has 1 aromatic carbocycles. The van der Waals surface area contributed by atoms with Gasteiger partial charge in [-0.15, -0.1) is 0 Å². The van der Waals surface area contributed by atoms with Crippen molar-refractivity contribution in [2.45, 2.75) is 26.0 Å². The maximum absolute atomic E-state index is 5.37. The van der Waals surface area contributed by atoms with Gasteiger partial charge in [-0.1, -0.05) is 28.1 Å². The van der Waals surface area contributed by atoms with E-state index in [2.05, 4.69) is 46.0 Å². The smallest absolute Gasteiger partial charge is 0.0710 e. The second-order valence-electron chi connectivity index (χ2n) is 4.47. The molecular formula is C13H18BrNO. The summed E-state index contributed by atoms with van der Waals surface area (Å²) in [6, 6.07) is 6.60. The van der Waals surface area contributed by atoms with Crippen LogP contribution in [0.2, 0.25) is 0 Å². The maximum atomic E-state index is 5.37. The number of likely N-dealkylation sites (tertiary alicyclic amines) is 1. The first kappa shape index (κ1) is 12.1. The average Bonchev–Trinajstić information content (AvgIpc) is 2.71. The maximum Gasteiger partial charge on any atom is 0.0710 e. The number of hydrogen-bond donors (Lipinski definition) is 0. The zero-order valence-electron chi connectivity index (χ0n) is 9.87. The van der Waals surface area contributed by atoms with Gasteiger partial charge in [0.2, 0.25) is 0 Å². The fourth-order valence-corrected chi connectivity index (χ4v) is 2.55. The molecule has 0 unspecified atom stereocenters. The van der Waals surface area contributed by atoms with Crippen molar-refractivity contribution in [1.29, 1.82) is 0 Å². The molecule has 1 atom stereocenters. The van der Waals surface area contributed by atoms with Gasteiger partial charge in [0.25, 0.3) is 0 Å². The number of benzene rings is 1. The van der Waals surface area contributed by atoms with Gasteiger partial charge in [0.05, 0.1) is 6.10 Å². The first-order valence-corrected chi connectivity index (χ1v) is 6.48. The van der Waals surface area contributed by atoms with E-state index in [4.69, 9.17) is 4.74 Å². The van der Waals surface area contributed by atoms with E-state index >= 15 is 0 Å². The van der Waals surface area contributed by atoms with E-state index in [9.17, 15) is 0 Å². The highest BCUT2D eigenvalue weighted by atomic mass is 79.9. The predicted octanol–water partition coefficient (Wildman–Crippen LogP) is 2.98. The van der Waals surface area contributed by atoms with Crippen molar-refractivity contribution in [3.63, 3.8) is 0 Å². The van der Waals surface area contributed by atoms with Crippen molar-refractivity contribution in [2.75, 3.05) is 20.2 Å². The first-order chi connectivity index (χ1) is 7.69. The molecular weight excluding hydrogens is 266 g/mol. The molecule has 0 radical (unpaired) electrons. The van der Waals surface area contributed by atoms with Crippen molar-refractivity contribution in [2.24, 2.45) is 0 Å². The van der Waals surface area contributed by atoms with Crippen molar-refractivity contribution in [1.82, 2.24) is 4.90 Å². The summed E-state index contributed by atoms with van der Waals surface area (Å²) in [6.07, 6.45) is 1.58. The van der Waals surface area contributed by atoms with Crippen LogP contribution in [0.3, 0.4) is 0 Å². The molecule has 1 fully saturated rings. The number of nitrogens with zero attached hydrogens (tertiary/aromatic N) is 1. The summed E-state index contributed by atoms with van der Waals surface area (Å²) < 4.78 is 6.57. The zero-order valence-corrected chi connectivity index (χ0v) is 11.5. The monoisotopic (exact) mass is 283 g/mol. The van der Waals surface area contributed by atoms with E-state index in [0.29, 0.717) is 6.10 Å². The van der Waals surface area contributed by atoms with Gasteiger partial charge in [-0.05, 0) is 30.5 Å². The van der Waals surface area contributed by atoms with Gasteiger partial charge in [-0.3, -0.25) is 4.90 Å². The molecule has 0 amide bonds. The summed E-state index contributed by atoms with van der Waals surface area (Å²) in [5.41, 5.74) is 2.66. The van der Waals surface area contributed by atoms with Crippen LogP contribution in [0.5, 0.6) is 0 Å². The Hall–Kier alpha value is -0.380. The van der Waals surface area contributed by atoms with Crippen LogP contribution in [-0.4, -0.2) is 31.2 Å². The summed E-state index contributed by atoms with van der Waals surface area (Å²) in [5.74, 6) is 0. The fraction of sp³-hybridized carbons (Fsp3) is 0.538. The average molecular weight is 284 g/mol. The Kier molecular flexibility index (Phi) is 4.00. The summed E-state index contributed by atoms with van der Waals surface area (Å²) >= 11 is 3.58. The van der Waals surface area contributed by atoms with Crippen molar-refractivity contribution >= 4 is 15.9 Å². The lowest BCUT2D eigenvalue weighted by atomic mass is 10.1. The molecule has 1 heterocycles. The Bertz CT molecular complexity index is 367. The fourth-order valence-electron chi connectivity index (χ4n) is 2.13. The molecule has 1 aliphatic rings. The topological polar surface area (TPSA) is 12.5 Å². The molecule has 1 saturated heterocycles. The van der Waals surface area contributed by atoms with Gasteiger partial charge in [0, 0.05) is 31.2 Å². The molecule has 3 heteroatoms. The molecule has 16 heavy (non-hydrogen) atoms. The lowest BCUT2D eigenvalue weighted by Crippen LogP contribution is -2.22. The minimum absolute atomic E-state index is 0.425. The summed E-state index contributed by atoms with van der Waals surface area (Å²) in [6.45, 7) is 5.34. The summed E-state index contributed by atoms with van der Waals surface area (Å²) in [7, 11) is 1.80. The number of methoxy groups -OCH3 is 1. The van der Waals surface area contributed by atoms with Crippen LogP contribution in [0, 0.1) is 6.92 Å². The Morgan fingerprint density at radius 2 is 2.31 bits per heavy atom. The number of ether oxygens (including phenoxy) is 1. The Morgan fingerprint density at radius 3 is 2.94 bits per heavy atom. The predicted molar refractivity (Wildman–Crippen MR) is 69.6 cm³/mol. The number of hydrogen-bond acceptors (Lipinski definition) is 2. The van der Waals surface area contributed by atoms with Gasteiger partial charge >= 0.3 is 0 Å². The minimum Gasteiger partial charge on any atom is -0.380 e. The largest absolute Gasteiger partial charge is 0.380 e. The highest BCUT2D eigenvalue weighted by molar-refractivity contribution is 9.10. The van der Waals surface area contributed by atoms with Gasteiger partial charge in [0.15, 0.2) is 0 Å².